The highest BCUT2D eigenvalue weighted by Crippen LogP contribution is 2.36. The predicted octanol–water partition coefficient (Wildman–Crippen LogP) is -0.655. The topological polar surface area (TPSA) is 104 Å². The number of nitrogens with zero attached hydrogens (tertiary/aromatic N) is 1. The number of allylic oxidation sites excluding steroid dienone is 1. The van der Waals surface area contributed by atoms with Gasteiger partial charge in [-0.2, -0.15) is 0 Å². The molecule has 2 aliphatic heterocycles. The molecule has 25 heavy (non-hydrogen) atoms. The molecule has 0 saturated carbocycles. The average molecular weight is 471 g/mol. The van der Waals surface area contributed by atoms with Crippen molar-refractivity contribution in [2.24, 2.45) is 0 Å². The summed E-state index contributed by atoms with van der Waals surface area (Å²) in [6, 6.07) is 8.07. The van der Waals surface area contributed by atoms with Crippen molar-refractivity contribution < 1.29 is 38.2 Å². The van der Waals surface area contributed by atoms with E-state index in [2.05, 4.69) is 32.7 Å². The molecule has 2 aliphatic rings. The van der Waals surface area contributed by atoms with Gasteiger partial charge in [0.2, 0.25) is 5.04 Å². The van der Waals surface area contributed by atoms with Crippen LogP contribution in [-0.4, -0.2) is 35.9 Å². The molecule has 1 aromatic rings. The van der Waals surface area contributed by atoms with Gasteiger partial charge in [-0.05, 0) is 35.5 Å². The first-order chi connectivity index (χ1) is 11.7. The Balaban J connectivity index is 0.000000399. The highest BCUT2D eigenvalue weighted by Gasteiger charge is 2.23. The molecule has 0 N–H and O–H groups in total. The number of morpholine rings is 1. The van der Waals surface area contributed by atoms with Crippen molar-refractivity contribution in [3.8, 4) is 0 Å². The second kappa shape index (κ2) is 9.50. The van der Waals surface area contributed by atoms with Crippen molar-refractivity contribution in [1.29, 1.82) is 0 Å². The first-order valence-electron chi connectivity index (χ1n) is 7.07. The SMILES string of the molecule is Cl/C(=C1/C=CC(=[N+]2CCOCC2)S1)c1ccc(Br)cc1.[O-][Cl+3]([O-])([O-])[O-]. The molecule has 1 aromatic carbocycles. The van der Waals surface area contributed by atoms with Crippen molar-refractivity contribution in [1.82, 2.24) is 0 Å². The highest BCUT2D eigenvalue weighted by molar-refractivity contribution is 9.10. The zero-order chi connectivity index (χ0) is 18.4. The number of thioether (sulfide) groups is 1. The molecule has 0 amide bonds. The number of hydrogen-bond donors (Lipinski definition) is 0. The summed E-state index contributed by atoms with van der Waals surface area (Å²) in [6.07, 6.45) is 4.24. The Morgan fingerprint density at radius 3 is 2.20 bits per heavy atom. The van der Waals surface area contributed by atoms with E-state index in [1.165, 1.54) is 5.04 Å². The van der Waals surface area contributed by atoms with Crippen LogP contribution in [0.25, 0.3) is 5.03 Å². The standard InChI is InChI=1S/C15H14BrClNOS.ClHO4/c16-12-3-1-11(2-4-12)15(17)13-5-6-14(20-13)18-7-9-19-10-8-18;2-1(3,4)5/h1-6H,7-10H2;(H,2,3,4,5)/q+1;/p-1/b15-13-;. The van der Waals surface area contributed by atoms with Crippen LogP contribution in [0, 0.1) is 10.2 Å². The van der Waals surface area contributed by atoms with E-state index in [1.54, 1.807) is 11.8 Å². The molecule has 3 rings (SSSR count). The summed E-state index contributed by atoms with van der Waals surface area (Å²) in [6.45, 7) is 3.51. The second-order valence-electron chi connectivity index (χ2n) is 4.94. The van der Waals surface area contributed by atoms with Gasteiger partial charge in [-0.15, -0.1) is 10.2 Å². The van der Waals surface area contributed by atoms with Gasteiger partial charge in [0.25, 0.3) is 0 Å². The predicted molar refractivity (Wildman–Crippen MR) is 89.5 cm³/mol. The van der Waals surface area contributed by atoms with Gasteiger partial charge in [-0.25, -0.2) is 23.2 Å². The minimum Gasteiger partial charge on any atom is -0.368 e. The van der Waals surface area contributed by atoms with Crippen LogP contribution in [0.3, 0.4) is 0 Å². The van der Waals surface area contributed by atoms with Crippen molar-refractivity contribution >= 4 is 49.4 Å². The minimum atomic E-state index is -4.94. The Morgan fingerprint density at radius 2 is 1.64 bits per heavy atom. The van der Waals surface area contributed by atoms with Crippen LogP contribution in [0.4, 0.5) is 0 Å². The Kier molecular flexibility index (Phi) is 7.93. The molecular weight excluding hydrogens is 457 g/mol. The molecule has 0 aliphatic carbocycles. The molecule has 0 radical (unpaired) electrons. The van der Waals surface area contributed by atoms with Crippen LogP contribution in [0.5, 0.6) is 0 Å². The number of hydrogen-bond acceptors (Lipinski definition) is 6. The van der Waals surface area contributed by atoms with E-state index >= 15 is 0 Å². The first-order valence-corrected chi connectivity index (χ1v) is 10.3. The van der Waals surface area contributed by atoms with Crippen LogP contribution in [0.1, 0.15) is 5.56 Å². The van der Waals surface area contributed by atoms with Gasteiger partial charge in [0.05, 0.1) is 5.03 Å². The molecule has 0 aromatic heterocycles. The molecular formula is C15H14BrCl2NO5S. The molecule has 0 bridgehead atoms. The molecule has 136 valence electrons. The molecule has 1 fully saturated rings. The maximum Gasteiger partial charge on any atom is 0.239 e. The van der Waals surface area contributed by atoms with Crippen LogP contribution in [0.15, 0.2) is 45.8 Å². The normalized spacial score (nSPS) is 19.6. The minimum absolute atomic E-state index is 0.803. The summed E-state index contributed by atoms with van der Waals surface area (Å²) in [7, 11) is -4.94. The molecule has 0 spiro atoms. The highest BCUT2D eigenvalue weighted by atomic mass is 79.9. The number of benzene rings is 1. The third kappa shape index (κ3) is 7.38. The molecule has 1 saturated heterocycles. The van der Waals surface area contributed by atoms with Gasteiger partial charge >= 0.3 is 0 Å². The summed E-state index contributed by atoms with van der Waals surface area (Å²) >= 11 is 11.7. The van der Waals surface area contributed by atoms with E-state index in [9.17, 15) is 0 Å². The van der Waals surface area contributed by atoms with Gasteiger partial charge < -0.3 is 4.74 Å². The fourth-order valence-corrected chi connectivity index (χ4v) is 3.72. The summed E-state index contributed by atoms with van der Waals surface area (Å²) < 4.78 is 42.8. The van der Waals surface area contributed by atoms with Crippen LogP contribution in [0.2, 0.25) is 0 Å². The van der Waals surface area contributed by atoms with Gasteiger partial charge in [0.15, 0.2) is 13.1 Å². The van der Waals surface area contributed by atoms with Gasteiger partial charge in [-0.3, -0.25) is 0 Å². The number of ether oxygens (including phenoxy) is 1. The van der Waals surface area contributed by atoms with Crippen molar-refractivity contribution in [2.45, 2.75) is 0 Å². The number of rotatable bonds is 1. The van der Waals surface area contributed by atoms with Crippen molar-refractivity contribution in [2.75, 3.05) is 26.3 Å². The largest absolute Gasteiger partial charge is 0.368 e. The third-order valence-electron chi connectivity index (χ3n) is 3.23. The lowest BCUT2D eigenvalue weighted by Gasteiger charge is -2.17. The zero-order valence-electron chi connectivity index (χ0n) is 12.8. The fourth-order valence-electron chi connectivity index (χ4n) is 2.14. The van der Waals surface area contributed by atoms with Crippen LogP contribution in [-0.2, 0) is 4.74 Å². The van der Waals surface area contributed by atoms with Crippen LogP contribution >= 0.6 is 39.3 Å². The summed E-state index contributed by atoms with van der Waals surface area (Å²) in [5.74, 6) is 0. The van der Waals surface area contributed by atoms with Gasteiger partial charge in [-0.1, -0.05) is 39.7 Å². The molecule has 6 nitrogen and oxygen atoms in total. The Hall–Kier alpha value is -0.420. The molecule has 0 atom stereocenters. The fraction of sp³-hybridized carbons (Fsp3) is 0.267. The second-order valence-corrected chi connectivity index (χ2v) is 8.05. The Labute approximate surface area is 164 Å². The summed E-state index contributed by atoms with van der Waals surface area (Å²) in [4.78, 5) is 1.11. The van der Waals surface area contributed by atoms with E-state index in [1.807, 2.05) is 24.3 Å². The molecule has 0 unspecified atom stereocenters. The lowest BCUT2D eigenvalue weighted by atomic mass is 10.2. The van der Waals surface area contributed by atoms with Gasteiger partial charge in [0, 0.05) is 15.5 Å². The van der Waals surface area contributed by atoms with E-state index < -0.39 is 10.2 Å². The van der Waals surface area contributed by atoms with E-state index in [4.69, 9.17) is 35.0 Å². The van der Waals surface area contributed by atoms with Crippen LogP contribution < -0.4 is 18.6 Å². The quantitative estimate of drug-likeness (QED) is 0.505. The molecule has 10 heteroatoms. The van der Waals surface area contributed by atoms with Crippen molar-refractivity contribution in [3.63, 3.8) is 0 Å². The van der Waals surface area contributed by atoms with E-state index in [0.717, 1.165) is 46.3 Å². The molecule has 2 heterocycles. The lowest BCUT2D eigenvalue weighted by Crippen LogP contribution is -2.68. The zero-order valence-corrected chi connectivity index (χ0v) is 16.7. The monoisotopic (exact) mass is 469 g/mol. The van der Waals surface area contributed by atoms with Crippen molar-refractivity contribution in [3.05, 3.63) is 51.4 Å². The summed E-state index contributed by atoms with van der Waals surface area (Å²) in [5, 5.41) is 2.07. The first kappa shape index (κ1) is 20.9. The van der Waals surface area contributed by atoms with E-state index in [0.29, 0.717) is 0 Å². The smallest absolute Gasteiger partial charge is 0.239 e. The van der Waals surface area contributed by atoms with Gasteiger partial charge in [0.1, 0.15) is 13.2 Å². The average Bonchev–Trinajstić information content (AvgIpc) is 3.04. The van der Waals surface area contributed by atoms with E-state index in [-0.39, 0.29) is 0 Å². The lowest BCUT2D eigenvalue weighted by molar-refractivity contribution is -2.00. The number of halogens is 3. The Morgan fingerprint density at radius 1 is 1.08 bits per heavy atom. The maximum absolute atomic E-state index is 8.49. The third-order valence-corrected chi connectivity index (χ3v) is 5.45. The summed E-state index contributed by atoms with van der Waals surface area (Å²) in [5.41, 5.74) is 1.05. The Bertz CT molecular complexity index is 687. The maximum atomic E-state index is 8.49.